The fraction of sp³-hybridized carbons (Fsp3) is 0.0625. The molecule has 0 spiro atoms. The Morgan fingerprint density at radius 1 is 1.00 bits per heavy atom. The lowest BCUT2D eigenvalue weighted by atomic mass is 10.1. The quantitative estimate of drug-likeness (QED) is 0.697. The first kappa shape index (κ1) is 12.5. The molecule has 0 amide bonds. The van der Waals surface area contributed by atoms with Crippen molar-refractivity contribution in [1.29, 1.82) is 0 Å². The second-order valence-corrected chi connectivity index (χ2v) is 4.35. The maximum absolute atomic E-state index is 13.8. The Bertz CT molecular complexity index is 787. The van der Waals surface area contributed by atoms with E-state index in [1.54, 1.807) is 13.2 Å². The molecular weight excluding hydrogens is 260 g/mol. The number of benzene rings is 2. The van der Waals surface area contributed by atoms with Gasteiger partial charge in [-0.3, -0.25) is 0 Å². The number of hydrogen-bond donors (Lipinski definition) is 0. The maximum Gasteiger partial charge on any atom is 0.135 e. The molecular formula is C16H11F2NO. The maximum atomic E-state index is 13.8. The van der Waals surface area contributed by atoms with E-state index in [-0.39, 0.29) is 5.56 Å². The topological polar surface area (TPSA) is 22.1 Å². The minimum Gasteiger partial charge on any atom is -0.496 e. The Labute approximate surface area is 114 Å². The summed E-state index contributed by atoms with van der Waals surface area (Å²) in [7, 11) is 1.59. The molecule has 0 bridgehead atoms. The fourth-order valence-corrected chi connectivity index (χ4v) is 2.15. The second kappa shape index (κ2) is 4.89. The molecule has 2 aromatic carbocycles. The summed E-state index contributed by atoms with van der Waals surface area (Å²) in [4.78, 5) is 4.40. The Morgan fingerprint density at radius 2 is 1.85 bits per heavy atom. The van der Waals surface area contributed by atoms with Crippen molar-refractivity contribution in [2.24, 2.45) is 0 Å². The summed E-state index contributed by atoms with van der Waals surface area (Å²) < 4.78 is 32.0. The number of rotatable bonds is 2. The van der Waals surface area contributed by atoms with Crippen LogP contribution in [0.5, 0.6) is 5.75 Å². The molecule has 0 atom stereocenters. The van der Waals surface area contributed by atoms with Gasteiger partial charge in [0.25, 0.3) is 0 Å². The third-order valence-electron chi connectivity index (χ3n) is 3.12. The van der Waals surface area contributed by atoms with Crippen LogP contribution in [-0.4, -0.2) is 12.1 Å². The number of pyridine rings is 1. The van der Waals surface area contributed by atoms with E-state index in [4.69, 9.17) is 4.74 Å². The van der Waals surface area contributed by atoms with Gasteiger partial charge in [0.1, 0.15) is 17.4 Å². The Balaban J connectivity index is 2.18. The van der Waals surface area contributed by atoms with Crippen LogP contribution in [0.15, 0.2) is 48.5 Å². The number of nitrogens with zero attached hydrogens (tertiary/aromatic N) is 1. The molecule has 0 aliphatic heterocycles. The zero-order valence-corrected chi connectivity index (χ0v) is 10.7. The van der Waals surface area contributed by atoms with Crippen molar-refractivity contribution in [3.63, 3.8) is 0 Å². The van der Waals surface area contributed by atoms with Gasteiger partial charge in [-0.2, -0.15) is 0 Å². The molecule has 0 aliphatic carbocycles. The van der Waals surface area contributed by atoms with Crippen LogP contribution in [0.1, 0.15) is 0 Å². The molecule has 0 unspecified atom stereocenters. The van der Waals surface area contributed by atoms with Crippen LogP contribution < -0.4 is 4.74 Å². The predicted molar refractivity (Wildman–Crippen MR) is 73.6 cm³/mol. The average Bonchev–Trinajstić information content (AvgIpc) is 2.46. The zero-order valence-electron chi connectivity index (χ0n) is 10.7. The van der Waals surface area contributed by atoms with Gasteiger partial charge in [0.2, 0.25) is 0 Å². The molecule has 0 saturated heterocycles. The Kier molecular flexibility index (Phi) is 3.06. The van der Waals surface area contributed by atoms with Crippen LogP contribution in [0, 0.1) is 11.6 Å². The molecule has 1 heterocycles. The van der Waals surface area contributed by atoms with Crippen LogP contribution in [0.25, 0.3) is 22.2 Å². The highest BCUT2D eigenvalue weighted by Crippen LogP contribution is 2.28. The Hall–Kier alpha value is -2.49. The first-order valence-corrected chi connectivity index (χ1v) is 6.08. The SMILES string of the molecule is COc1cccc2nc(-c3ccc(F)cc3F)ccc12. The van der Waals surface area contributed by atoms with Gasteiger partial charge in [0.15, 0.2) is 0 Å². The molecule has 20 heavy (non-hydrogen) atoms. The van der Waals surface area contributed by atoms with Crippen molar-refractivity contribution in [2.75, 3.05) is 7.11 Å². The molecule has 4 heteroatoms. The number of aromatic nitrogens is 1. The number of hydrogen-bond acceptors (Lipinski definition) is 2. The highest BCUT2D eigenvalue weighted by molar-refractivity contribution is 5.87. The summed E-state index contributed by atoms with van der Waals surface area (Å²) in [6, 6.07) is 12.5. The number of fused-ring (bicyclic) bond motifs is 1. The molecule has 0 fully saturated rings. The first-order chi connectivity index (χ1) is 9.69. The summed E-state index contributed by atoms with van der Waals surface area (Å²) in [5.74, 6) is -0.519. The van der Waals surface area contributed by atoms with E-state index < -0.39 is 11.6 Å². The number of methoxy groups -OCH3 is 1. The molecule has 3 aromatic rings. The lowest BCUT2D eigenvalue weighted by molar-refractivity contribution is 0.420. The van der Waals surface area contributed by atoms with Crippen LogP contribution in [0.2, 0.25) is 0 Å². The van der Waals surface area contributed by atoms with Crippen molar-refractivity contribution < 1.29 is 13.5 Å². The molecule has 1 aromatic heterocycles. The Morgan fingerprint density at radius 3 is 2.60 bits per heavy atom. The van der Waals surface area contributed by atoms with E-state index in [9.17, 15) is 8.78 Å². The van der Waals surface area contributed by atoms with Crippen molar-refractivity contribution in [2.45, 2.75) is 0 Å². The number of halogens is 2. The largest absolute Gasteiger partial charge is 0.496 e. The molecule has 0 saturated carbocycles. The van der Waals surface area contributed by atoms with Crippen molar-refractivity contribution >= 4 is 10.9 Å². The average molecular weight is 271 g/mol. The van der Waals surface area contributed by atoms with Gasteiger partial charge in [-0.15, -0.1) is 0 Å². The van der Waals surface area contributed by atoms with Gasteiger partial charge in [-0.1, -0.05) is 6.07 Å². The van der Waals surface area contributed by atoms with Crippen LogP contribution in [-0.2, 0) is 0 Å². The molecule has 0 N–H and O–H groups in total. The van der Waals surface area contributed by atoms with Crippen molar-refractivity contribution in [3.05, 3.63) is 60.2 Å². The third-order valence-corrected chi connectivity index (χ3v) is 3.12. The molecule has 0 aliphatic rings. The lowest BCUT2D eigenvalue weighted by Crippen LogP contribution is -1.91. The summed E-state index contributed by atoms with van der Waals surface area (Å²) in [6.07, 6.45) is 0. The second-order valence-electron chi connectivity index (χ2n) is 4.35. The van der Waals surface area contributed by atoms with Gasteiger partial charge in [-0.25, -0.2) is 13.8 Å². The van der Waals surface area contributed by atoms with E-state index in [1.165, 1.54) is 12.1 Å². The summed E-state index contributed by atoms with van der Waals surface area (Å²) in [6.45, 7) is 0. The molecule has 3 rings (SSSR count). The van der Waals surface area contributed by atoms with E-state index >= 15 is 0 Å². The van der Waals surface area contributed by atoms with Gasteiger partial charge >= 0.3 is 0 Å². The fourth-order valence-electron chi connectivity index (χ4n) is 2.15. The standard InChI is InChI=1S/C16H11F2NO/c1-20-16-4-2-3-14-12(16)7-8-15(19-14)11-6-5-10(17)9-13(11)18/h2-9H,1H3. The van der Waals surface area contributed by atoms with Crippen LogP contribution in [0.3, 0.4) is 0 Å². The first-order valence-electron chi connectivity index (χ1n) is 6.08. The monoisotopic (exact) mass is 271 g/mol. The highest BCUT2D eigenvalue weighted by atomic mass is 19.1. The van der Waals surface area contributed by atoms with Crippen LogP contribution in [0.4, 0.5) is 8.78 Å². The van der Waals surface area contributed by atoms with Gasteiger partial charge in [-0.05, 0) is 36.4 Å². The highest BCUT2D eigenvalue weighted by Gasteiger charge is 2.09. The van der Waals surface area contributed by atoms with Crippen molar-refractivity contribution in [1.82, 2.24) is 4.98 Å². The lowest BCUT2D eigenvalue weighted by Gasteiger charge is -2.07. The minimum atomic E-state index is -0.625. The smallest absolute Gasteiger partial charge is 0.135 e. The van der Waals surface area contributed by atoms with Crippen molar-refractivity contribution in [3.8, 4) is 17.0 Å². The number of ether oxygens (including phenoxy) is 1. The van der Waals surface area contributed by atoms with E-state index in [0.717, 1.165) is 11.5 Å². The summed E-state index contributed by atoms with van der Waals surface area (Å²) >= 11 is 0. The predicted octanol–water partition coefficient (Wildman–Crippen LogP) is 4.19. The molecule has 2 nitrogen and oxygen atoms in total. The summed E-state index contributed by atoms with van der Waals surface area (Å²) in [5, 5.41) is 0.848. The van der Waals surface area contributed by atoms with E-state index in [1.807, 2.05) is 24.3 Å². The zero-order chi connectivity index (χ0) is 14.1. The van der Waals surface area contributed by atoms with E-state index in [0.29, 0.717) is 17.0 Å². The van der Waals surface area contributed by atoms with Gasteiger partial charge < -0.3 is 4.74 Å². The van der Waals surface area contributed by atoms with E-state index in [2.05, 4.69) is 4.98 Å². The summed E-state index contributed by atoms with van der Waals surface area (Å²) in [5.41, 5.74) is 1.44. The normalized spacial score (nSPS) is 10.8. The molecule has 0 radical (unpaired) electrons. The molecule has 100 valence electrons. The third kappa shape index (κ3) is 2.09. The van der Waals surface area contributed by atoms with Gasteiger partial charge in [0, 0.05) is 17.0 Å². The minimum absolute atomic E-state index is 0.274. The van der Waals surface area contributed by atoms with Crippen LogP contribution >= 0.6 is 0 Å². The van der Waals surface area contributed by atoms with Gasteiger partial charge in [0.05, 0.1) is 18.3 Å².